The van der Waals surface area contributed by atoms with E-state index >= 15 is 0 Å². The highest BCUT2D eigenvalue weighted by molar-refractivity contribution is 5.78. The first kappa shape index (κ1) is 12.7. The minimum atomic E-state index is -0.0238. The lowest BCUT2D eigenvalue weighted by Gasteiger charge is -2.42. The molecule has 5 heteroatoms. The van der Waals surface area contributed by atoms with Crippen LogP contribution in [-0.2, 0) is 4.79 Å². The van der Waals surface area contributed by atoms with Crippen LogP contribution in [0.4, 0.5) is 0 Å². The van der Waals surface area contributed by atoms with Crippen LogP contribution in [-0.4, -0.2) is 32.4 Å². The highest BCUT2D eigenvalue weighted by Crippen LogP contribution is 2.40. The summed E-state index contributed by atoms with van der Waals surface area (Å²) >= 11 is 0. The zero-order valence-corrected chi connectivity index (χ0v) is 11.6. The van der Waals surface area contributed by atoms with Crippen molar-refractivity contribution in [3.8, 4) is 0 Å². The molecule has 1 aromatic rings. The lowest BCUT2D eigenvalue weighted by Crippen LogP contribution is -2.52. The molecule has 2 heterocycles. The molecule has 2 unspecified atom stereocenters. The Balaban J connectivity index is 1.98. The van der Waals surface area contributed by atoms with Gasteiger partial charge in [0.25, 0.3) is 0 Å². The van der Waals surface area contributed by atoms with Crippen molar-refractivity contribution in [1.29, 1.82) is 0 Å². The molecule has 1 saturated heterocycles. The summed E-state index contributed by atoms with van der Waals surface area (Å²) in [5.41, 5.74) is 7.42. The maximum absolute atomic E-state index is 12.2. The van der Waals surface area contributed by atoms with Crippen LogP contribution in [0.15, 0.2) is 12.5 Å². The molecular weight excluding hydrogens is 240 g/mol. The van der Waals surface area contributed by atoms with Crippen LogP contribution in [0.3, 0.4) is 0 Å². The molecule has 1 aliphatic carbocycles. The van der Waals surface area contributed by atoms with E-state index < -0.39 is 0 Å². The third kappa shape index (κ3) is 2.16. The Morgan fingerprint density at radius 3 is 2.74 bits per heavy atom. The number of likely N-dealkylation sites (tertiary alicyclic amines) is 1. The SMILES string of the molecule is CC(C)N1C(=O)CCC(N)C1c1cncn1C1CC1. The predicted molar refractivity (Wildman–Crippen MR) is 72.4 cm³/mol. The molecule has 0 aromatic carbocycles. The Bertz CT molecular complexity index is 478. The quantitative estimate of drug-likeness (QED) is 0.900. The standard InChI is InChI=1S/C14H22N4O/c1-9(2)18-13(19)6-5-11(15)14(18)12-7-16-8-17(12)10-3-4-10/h7-11,14H,3-6,15H2,1-2H3. The highest BCUT2D eigenvalue weighted by atomic mass is 16.2. The summed E-state index contributed by atoms with van der Waals surface area (Å²) in [6.45, 7) is 4.11. The van der Waals surface area contributed by atoms with Crippen LogP contribution in [0.5, 0.6) is 0 Å². The monoisotopic (exact) mass is 262 g/mol. The van der Waals surface area contributed by atoms with Gasteiger partial charge in [-0.15, -0.1) is 0 Å². The summed E-state index contributed by atoms with van der Waals surface area (Å²) in [7, 11) is 0. The summed E-state index contributed by atoms with van der Waals surface area (Å²) in [5, 5.41) is 0. The van der Waals surface area contributed by atoms with Gasteiger partial charge in [0, 0.05) is 24.5 Å². The Kier molecular flexibility index (Phi) is 3.09. The fraction of sp³-hybridized carbons (Fsp3) is 0.714. The highest BCUT2D eigenvalue weighted by Gasteiger charge is 2.39. The zero-order chi connectivity index (χ0) is 13.6. The van der Waals surface area contributed by atoms with Crippen LogP contribution in [0.25, 0.3) is 0 Å². The second-order valence-corrected chi connectivity index (χ2v) is 6.00. The van der Waals surface area contributed by atoms with Crippen molar-refractivity contribution in [3.63, 3.8) is 0 Å². The van der Waals surface area contributed by atoms with E-state index in [4.69, 9.17) is 5.73 Å². The lowest BCUT2D eigenvalue weighted by molar-refractivity contribution is -0.139. The van der Waals surface area contributed by atoms with E-state index in [2.05, 4.69) is 23.4 Å². The number of carbonyl (C=O) groups excluding carboxylic acids is 1. The van der Waals surface area contributed by atoms with Gasteiger partial charge in [-0.2, -0.15) is 0 Å². The Hall–Kier alpha value is -1.36. The molecule has 2 atom stereocenters. The summed E-state index contributed by atoms with van der Waals surface area (Å²) < 4.78 is 2.22. The number of nitrogens with two attached hydrogens (primary N) is 1. The topological polar surface area (TPSA) is 64.2 Å². The fourth-order valence-corrected chi connectivity index (χ4v) is 3.11. The van der Waals surface area contributed by atoms with Crippen molar-refractivity contribution < 1.29 is 4.79 Å². The van der Waals surface area contributed by atoms with E-state index in [9.17, 15) is 4.79 Å². The first-order valence-electron chi connectivity index (χ1n) is 7.18. The van der Waals surface area contributed by atoms with Gasteiger partial charge in [0.2, 0.25) is 5.91 Å². The van der Waals surface area contributed by atoms with E-state index in [0.29, 0.717) is 12.5 Å². The van der Waals surface area contributed by atoms with Gasteiger partial charge in [-0.05, 0) is 33.1 Å². The molecule has 0 bridgehead atoms. The van der Waals surface area contributed by atoms with Crippen molar-refractivity contribution in [3.05, 3.63) is 18.2 Å². The zero-order valence-electron chi connectivity index (χ0n) is 11.6. The molecular formula is C14H22N4O. The average Bonchev–Trinajstić information content (AvgIpc) is 3.10. The Morgan fingerprint density at radius 1 is 1.37 bits per heavy atom. The molecule has 0 spiro atoms. The van der Waals surface area contributed by atoms with Gasteiger partial charge >= 0.3 is 0 Å². The Morgan fingerprint density at radius 2 is 2.11 bits per heavy atom. The lowest BCUT2D eigenvalue weighted by atomic mass is 9.92. The second kappa shape index (κ2) is 4.63. The van der Waals surface area contributed by atoms with Gasteiger partial charge in [-0.1, -0.05) is 0 Å². The van der Waals surface area contributed by atoms with E-state index in [1.165, 1.54) is 12.8 Å². The average molecular weight is 262 g/mol. The van der Waals surface area contributed by atoms with Crippen molar-refractivity contribution in [2.75, 3.05) is 0 Å². The molecule has 0 radical (unpaired) electrons. The third-order valence-corrected chi connectivity index (χ3v) is 4.18. The second-order valence-electron chi connectivity index (χ2n) is 6.00. The van der Waals surface area contributed by atoms with Crippen molar-refractivity contribution in [1.82, 2.24) is 14.5 Å². The minimum absolute atomic E-state index is 0.00861. The van der Waals surface area contributed by atoms with Gasteiger partial charge in [-0.25, -0.2) is 4.98 Å². The number of hydrogen-bond donors (Lipinski definition) is 1. The largest absolute Gasteiger partial charge is 0.330 e. The van der Waals surface area contributed by atoms with E-state index in [0.717, 1.165) is 12.1 Å². The number of imidazole rings is 1. The van der Waals surface area contributed by atoms with Gasteiger partial charge in [0.05, 0.1) is 24.3 Å². The van der Waals surface area contributed by atoms with Crippen LogP contribution in [0.2, 0.25) is 0 Å². The van der Waals surface area contributed by atoms with Gasteiger partial charge in [0.1, 0.15) is 0 Å². The van der Waals surface area contributed by atoms with Crippen LogP contribution in [0, 0.1) is 0 Å². The number of hydrogen-bond acceptors (Lipinski definition) is 3. The number of amides is 1. The predicted octanol–water partition coefficient (Wildman–Crippen LogP) is 1.62. The molecule has 104 valence electrons. The van der Waals surface area contributed by atoms with Crippen LogP contribution >= 0.6 is 0 Å². The summed E-state index contributed by atoms with van der Waals surface area (Å²) in [6, 6.07) is 0.723. The van der Waals surface area contributed by atoms with Gasteiger partial charge in [0.15, 0.2) is 0 Å². The number of aromatic nitrogens is 2. The van der Waals surface area contributed by atoms with Crippen molar-refractivity contribution >= 4 is 5.91 Å². The van der Waals surface area contributed by atoms with Crippen LogP contribution in [0.1, 0.15) is 57.3 Å². The van der Waals surface area contributed by atoms with E-state index in [1.54, 1.807) is 0 Å². The molecule has 2 aliphatic rings. The van der Waals surface area contributed by atoms with Crippen LogP contribution < -0.4 is 5.73 Å². The van der Waals surface area contributed by atoms with Gasteiger partial charge < -0.3 is 15.2 Å². The maximum Gasteiger partial charge on any atom is 0.223 e. The van der Waals surface area contributed by atoms with E-state index in [-0.39, 0.29) is 24.0 Å². The molecule has 19 heavy (non-hydrogen) atoms. The van der Waals surface area contributed by atoms with Gasteiger partial charge in [-0.3, -0.25) is 4.79 Å². The molecule has 1 amide bonds. The smallest absolute Gasteiger partial charge is 0.223 e. The fourth-order valence-electron chi connectivity index (χ4n) is 3.11. The molecule has 2 N–H and O–H groups in total. The molecule has 1 saturated carbocycles. The Labute approximate surface area is 113 Å². The first-order chi connectivity index (χ1) is 9.09. The summed E-state index contributed by atoms with van der Waals surface area (Å²) in [5.74, 6) is 0.213. The number of piperidine rings is 1. The number of rotatable bonds is 3. The molecule has 2 fully saturated rings. The summed E-state index contributed by atoms with van der Waals surface area (Å²) in [4.78, 5) is 18.5. The third-order valence-electron chi connectivity index (χ3n) is 4.18. The van der Waals surface area contributed by atoms with Crippen molar-refractivity contribution in [2.24, 2.45) is 5.73 Å². The normalized spacial score (nSPS) is 28.2. The number of carbonyl (C=O) groups is 1. The summed E-state index contributed by atoms with van der Waals surface area (Å²) in [6.07, 6.45) is 7.52. The minimum Gasteiger partial charge on any atom is -0.330 e. The molecule has 3 rings (SSSR count). The number of nitrogens with zero attached hydrogens (tertiary/aromatic N) is 3. The maximum atomic E-state index is 12.2. The molecule has 1 aromatic heterocycles. The molecule has 1 aliphatic heterocycles. The van der Waals surface area contributed by atoms with E-state index in [1.807, 2.05) is 17.4 Å². The molecule has 5 nitrogen and oxygen atoms in total. The first-order valence-corrected chi connectivity index (χ1v) is 7.18. The van der Waals surface area contributed by atoms with Crippen molar-refractivity contribution in [2.45, 2.75) is 63.7 Å².